The Hall–Kier alpha value is -3.41. The molecular weight excluding hydrogens is 388 g/mol. The lowest BCUT2D eigenvalue weighted by molar-refractivity contribution is -0.337. The van der Waals surface area contributed by atoms with Gasteiger partial charge in [0, 0.05) is 11.1 Å². The summed E-state index contributed by atoms with van der Waals surface area (Å²) in [6, 6.07) is 27.9. The number of hydrogen-bond donors (Lipinski definition) is 0. The van der Waals surface area contributed by atoms with E-state index < -0.39 is 11.8 Å². The quantitative estimate of drug-likeness (QED) is 0.592. The van der Waals surface area contributed by atoms with E-state index in [0.717, 1.165) is 28.0 Å². The van der Waals surface area contributed by atoms with Crippen LogP contribution >= 0.6 is 0 Å². The summed E-state index contributed by atoms with van der Waals surface area (Å²) in [5.41, 5.74) is 3.81. The predicted molar refractivity (Wildman–Crippen MR) is 119 cm³/mol. The van der Waals surface area contributed by atoms with Gasteiger partial charge in [0.25, 0.3) is 5.91 Å². The molecule has 0 radical (unpaired) electrons. The fourth-order valence-corrected chi connectivity index (χ4v) is 4.00. The van der Waals surface area contributed by atoms with Crippen LogP contribution in [-0.2, 0) is 21.1 Å². The molecule has 1 atom stereocenters. The summed E-state index contributed by atoms with van der Waals surface area (Å²) < 4.78 is 0. The zero-order valence-electron chi connectivity index (χ0n) is 17.6. The van der Waals surface area contributed by atoms with Crippen LogP contribution < -0.4 is 0 Å². The van der Waals surface area contributed by atoms with E-state index in [0.29, 0.717) is 6.61 Å². The topological polar surface area (TPSA) is 42.0 Å². The zero-order valence-corrected chi connectivity index (χ0v) is 17.6. The van der Waals surface area contributed by atoms with Crippen molar-refractivity contribution >= 4 is 17.7 Å². The van der Waals surface area contributed by atoms with Crippen LogP contribution in [0.2, 0.25) is 0 Å². The summed E-state index contributed by atoms with van der Waals surface area (Å²) in [6.07, 6.45) is 1.57. The molecule has 2 aliphatic heterocycles. The number of hydrogen-bond acceptors (Lipinski definition) is 4. The number of benzene rings is 3. The minimum absolute atomic E-state index is 0.214. The predicted octanol–water partition coefficient (Wildman–Crippen LogP) is 5.18. The first-order chi connectivity index (χ1) is 15.0. The molecule has 1 fully saturated rings. The van der Waals surface area contributed by atoms with E-state index in [2.05, 4.69) is 12.1 Å². The molecule has 156 valence electrons. The lowest BCUT2D eigenvalue weighted by Crippen LogP contribution is -2.60. The van der Waals surface area contributed by atoms with Crippen LogP contribution in [-0.4, -0.2) is 21.6 Å². The van der Waals surface area contributed by atoms with E-state index in [9.17, 15) is 4.79 Å². The number of nitrogens with zero attached hydrogens (tertiary/aromatic N) is 2. The fraction of sp³-hybridized carbons (Fsp3) is 0.192. The van der Waals surface area contributed by atoms with Gasteiger partial charge in [-0.1, -0.05) is 84.9 Å². The van der Waals surface area contributed by atoms with Gasteiger partial charge in [-0.25, -0.2) is 5.06 Å². The molecule has 31 heavy (non-hydrogen) atoms. The van der Waals surface area contributed by atoms with E-state index in [4.69, 9.17) is 9.68 Å². The molecule has 2 heterocycles. The molecular formula is C26H24N2O3. The molecule has 0 spiro atoms. The lowest BCUT2D eigenvalue weighted by Gasteiger charge is -2.50. The molecule has 1 amide bonds. The SMILES string of the molecule is CC1(C)ON2C(c3ccccc3)=Cc3ccccc3[C@H]2N(OCc2ccccc2)C1=O. The molecule has 0 bridgehead atoms. The van der Waals surface area contributed by atoms with Gasteiger partial charge in [-0.15, -0.1) is 0 Å². The summed E-state index contributed by atoms with van der Waals surface area (Å²) in [5, 5.41) is 3.29. The van der Waals surface area contributed by atoms with Crippen molar-refractivity contribution in [2.75, 3.05) is 0 Å². The molecule has 3 aromatic carbocycles. The first-order valence-corrected chi connectivity index (χ1v) is 10.4. The largest absolute Gasteiger partial charge is 0.282 e. The molecule has 0 aromatic heterocycles. The first-order valence-electron chi connectivity index (χ1n) is 10.4. The average Bonchev–Trinajstić information content (AvgIpc) is 2.80. The van der Waals surface area contributed by atoms with Gasteiger partial charge < -0.3 is 0 Å². The maximum atomic E-state index is 13.4. The lowest BCUT2D eigenvalue weighted by atomic mass is 9.95. The Balaban J connectivity index is 1.60. The van der Waals surface area contributed by atoms with E-state index >= 15 is 0 Å². The molecule has 5 nitrogen and oxygen atoms in total. The van der Waals surface area contributed by atoms with Gasteiger partial charge in [0.15, 0.2) is 11.8 Å². The third-order valence-corrected chi connectivity index (χ3v) is 5.57. The maximum absolute atomic E-state index is 13.4. The number of rotatable bonds is 4. The molecule has 2 aliphatic rings. The third kappa shape index (κ3) is 3.52. The summed E-state index contributed by atoms with van der Waals surface area (Å²) in [4.78, 5) is 25.9. The second-order valence-electron chi connectivity index (χ2n) is 8.22. The molecule has 0 N–H and O–H groups in total. The van der Waals surface area contributed by atoms with Crippen LogP contribution in [0.5, 0.6) is 0 Å². The molecule has 1 saturated heterocycles. The highest BCUT2D eigenvalue weighted by molar-refractivity contribution is 5.88. The molecule has 5 heteroatoms. The number of carbonyl (C=O) groups excluding carboxylic acids is 1. The highest BCUT2D eigenvalue weighted by Gasteiger charge is 2.50. The van der Waals surface area contributed by atoms with Crippen LogP contribution in [0, 0.1) is 0 Å². The number of carbonyl (C=O) groups is 1. The van der Waals surface area contributed by atoms with E-state index in [-0.39, 0.29) is 5.91 Å². The Kier molecular flexibility index (Phi) is 4.85. The number of amides is 1. The first kappa shape index (κ1) is 19.5. The Morgan fingerprint density at radius 3 is 2.29 bits per heavy atom. The second kappa shape index (κ2) is 7.69. The van der Waals surface area contributed by atoms with Gasteiger partial charge in [0.2, 0.25) is 0 Å². The Bertz CT molecular complexity index is 1130. The summed E-state index contributed by atoms with van der Waals surface area (Å²) in [6.45, 7) is 3.83. The van der Waals surface area contributed by atoms with Crippen molar-refractivity contribution in [2.45, 2.75) is 32.2 Å². The van der Waals surface area contributed by atoms with Crippen molar-refractivity contribution in [1.29, 1.82) is 0 Å². The smallest absolute Gasteiger partial charge is 0.269 e. The van der Waals surface area contributed by atoms with Gasteiger partial charge in [-0.2, -0.15) is 5.06 Å². The van der Waals surface area contributed by atoms with Crippen LogP contribution in [0.3, 0.4) is 0 Å². The van der Waals surface area contributed by atoms with Crippen molar-refractivity contribution in [3.63, 3.8) is 0 Å². The molecule has 5 rings (SSSR count). The summed E-state index contributed by atoms with van der Waals surface area (Å²) in [7, 11) is 0. The average molecular weight is 412 g/mol. The van der Waals surface area contributed by atoms with Crippen molar-refractivity contribution < 1.29 is 14.5 Å². The van der Waals surface area contributed by atoms with Gasteiger partial charge in [-0.05, 0) is 31.1 Å². The highest BCUT2D eigenvalue weighted by Crippen LogP contribution is 2.45. The van der Waals surface area contributed by atoms with Gasteiger partial charge in [0.1, 0.15) is 6.61 Å². The van der Waals surface area contributed by atoms with Crippen LogP contribution in [0.4, 0.5) is 0 Å². The molecule has 0 unspecified atom stereocenters. The minimum Gasteiger partial charge on any atom is -0.269 e. The summed E-state index contributed by atoms with van der Waals surface area (Å²) in [5.74, 6) is -0.214. The van der Waals surface area contributed by atoms with Gasteiger partial charge in [0.05, 0.1) is 5.70 Å². The Morgan fingerprint density at radius 1 is 0.903 bits per heavy atom. The number of hydroxylamine groups is 4. The standard InChI is InChI=1S/C26H24N2O3/c1-26(2)25(29)28(30-18-19-11-5-3-6-12-19)24-22-16-10-9-15-21(22)17-23(27(24)31-26)20-13-7-4-8-14-20/h3-17,24H,18H2,1-2H3/t24-/m1/s1. The second-order valence-corrected chi connectivity index (χ2v) is 8.22. The van der Waals surface area contributed by atoms with E-state index in [1.165, 1.54) is 5.06 Å². The van der Waals surface area contributed by atoms with Crippen molar-refractivity contribution in [3.8, 4) is 0 Å². The number of fused-ring (bicyclic) bond motifs is 3. The molecule has 0 aliphatic carbocycles. The van der Waals surface area contributed by atoms with E-state index in [1.54, 1.807) is 13.8 Å². The van der Waals surface area contributed by atoms with Gasteiger partial charge in [-0.3, -0.25) is 14.5 Å². The van der Waals surface area contributed by atoms with Crippen LogP contribution in [0.25, 0.3) is 11.8 Å². The Labute approximate surface area is 182 Å². The van der Waals surface area contributed by atoms with Crippen LogP contribution in [0.1, 0.15) is 42.3 Å². The van der Waals surface area contributed by atoms with Crippen LogP contribution in [0.15, 0.2) is 84.9 Å². The monoisotopic (exact) mass is 412 g/mol. The molecule has 3 aromatic rings. The Morgan fingerprint density at radius 2 is 1.55 bits per heavy atom. The fourth-order valence-electron chi connectivity index (χ4n) is 4.00. The maximum Gasteiger partial charge on any atom is 0.282 e. The minimum atomic E-state index is -1.08. The third-order valence-electron chi connectivity index (χ3n) is 5.57. The normalized spacial score (nSPS) is 19.5. The van der Waals surface area contributed by atoms with Crippen molar-refractivity contribution in [2.24, 2.45) is 0 Å². The molecule has 0 saturated carbocycles. The zero-order chi connectivity index (χ0) is 21.4. The van der Waals surface area contributed by atoms with E-state index in [1.807, 2.05) is 83.9 Å². The highest BCUT2D eigenvalue weighted by atomic mass is 16.8. The van der Waals surface area contributed by atoms with Crippen molar-refractivity contribution in [1.82, 2.24) is 10.1 Å². The summed E-state index contributed by atoms with van der Waals surface area (Å²) >= 11 is 0. The van der Waals surface area contributed by atoms with Gasteiger partial charge >= 0.3 is 0 Å². The van der Waals surface area contributed by atoms with Crippen molar-refractivity contribution in [3.05, 3.63) is 107 Å².